The topological polar surface area (TPSA) is 46.2 Å². The third kappa shape index (κ3) is 4.07. The molecule has 0 radical (unpaired) electrons. The van der Waals surface area contributed by atoms with Gasteiger partial charge in [0.05, 0.1) is 4.90 Å². The molecule has 1 aliphatic rings. The van der Waals surface area contributed by atoms with Gasteiger partial charge >= 0.3 is 0 Å². The van der Waals surface area contributed by atoms with Crippen LogP contribution in [0.3, 0.4) is 0 Å². The smallest absolute Gasteiger partial charge is 0.208 e. The molecule has 1 saturated carbocycles. The van der Waals surface area contributed by atoms with E-state index in [9.17, 15) is 8.42 Å². The lowest BCUT2D eigenvalue weighted by atomic mass is 9.71. The molecule has 1 aliphatic carbocycles. The van der Waals surface area contributed by atoms with E-state index in [1.165, 1.54) is 0 Å². The van der Waals surface area contributed by atoms with Gasteiger partial charge in [0, 0.05) is 6.04 Å². The first-order chi connectivity index (χ1) is 9.59. The van der Waals surface area contributed by atoms with Crippen molar-refractivity contribution in [3.8, 4) is 0 Å². The van der Waals surface area contributed by atoms with Crippen molar-refractivity contribution in [3.63, 3.8) is 0 Å². The first-order valence-corrected chi connectivity index (χ1v) is 9.17. The second-order valence-electron chi connectivity index (χ2n) is 7.50. The molecule has 0 spiro atoms. The molecule has 4 heteroatoms. The number of rotatable bonds is 3. The van der Waals surface area contributed by atoms with Crippen LogP contribution in [0.25, 0.3) is 0 Å². The zero-order valence-corrected chi connectivity index (χ0v) is 14.5. The summed E-state index contributed by atoms with van der Waals surface area (Å²) in [5.74, 6) is 0.556. The van der Waals surface area contributed by atoms with Crippen molar-refractivity contribution in [3.05, 3.63) is 29.3 Å². The van der Waals surface area contributed by atoms with Crippen molar-refractivity contribution in [1.82, 2.24) is 4.72 Å². The highest BCUT2D eigenvalue weighted by atomic mass is 32.2. The van der Waals surface area contributed by atoms with Gasteiger partial charge in [-0.25, -0.2) is 13.1 Å². The Balaban J connectivity index is 2.21. The van der Waals surface area contributed by atoms with Crippen molar-refractivity contribution in [2.75, 3.05) is 0 Å². The molecule has 118 valence electrons. The molecule has 2 rings (SSSR count). The normalized spacial score (nSPS) is 25.8. The maximum Gasteiger partial charge on any atom is 0.241 e. The molecule has 0 aromatic heterocycles. The Bertz CT molecular complexity index is 620. The van der Waals surface area contributed by atoms with Crippen molar-refractivity contribution in [2.24, 2.45) is 11.3 Å². The summed E-state index contributed by atoms with van der Waals surface area (Å²) in [6.07, 6.45) is 2.99. The van der Waals surface area contributed by atoms with Crippen LogP contribution in [0.15, 0.2) is 23.1 Å². The second kappa shape index (κ2) is 5.73. The Morgan fingerprint density at radius 2 is 1.86 bits per heavy atom. The lowest BCUT2D eigenvalue weighted by Crippen LogP contribution is -2.43. The summed E-state index contributed by atoms with van der Waals surface area (Å²) in [6, 6.07) is 5.52. The summed E-state index contributed by atoms with van der Waals surface area (Å²) in [6.45, 7) is 10.5. The Hall–Kier alpha value is -0.870. The standard InChI is InChI=1S/C17H27NO2S/c1-12-6-7-16(14(3)8-12)21(19,20)18-15-9-13(2)10-17(4,5)11-15/h6-8,13,15,18H,9-11H2,1-5H3. The number of hydrogen-bond acceptors (Lipinski definition) is 2. The molecule has 0 heterocycles. The van der Waals surface area contributed by atoms with Crippen LogP contribution in [0.4, 0.5) is 0 Å². The molecule has 0 saturated heterocycles. The minimum atomic E-state index is -3.43. The maximum absolute atomic E-state index is 12.6. The summed E-state index contributed by atoms with van der Waals surface area (Å²) in [4.78, 5) is 0.407. The van der Waals surface area contributed by atoms with Crippen molar-refractivity contribution < 1.29 is 8.42 Å². The van der Waals surface area contributed by atoms with Crippen LogP contribution in [-0.4, -0.2) is 14.5 Å². The highest BCUT2D eigenvalue weighted by Gasteiger charge is 2.34. The molecule has 1 aromatic rings. The van der Waals surface area contributed by atoms with E-state index >= 15 is 0 Å². The Morgan fingerprint density at radius 1 is 1.19 bits per heavy atom. The van der Waals surface area contributed by atoms with E-state index in [1.807, 2.05) is 26.0 Å². The van der Waals surface area contributed by atoms with E-state index in [0.29, 0.717) is 10.8 Å². The minimum Gasteiger partial charge on any atom is -0.208 e. The Kier molecular flexibility index (Phi) is 4.50. The van der Waals surface area contributed by atoms with E-state index in [2.05, 4.69) is 25.5 Å². The number of sulfonamides is 1. The monoisotopic (exact) mass is 309 g/mol. The number of nitrogens with one attached hydrogen (secondary N) is 1. The van der Waals surface area contributed by atoms with E-state index in [1.54, 1.807) is 6.07 Å². The maximum atomic E-state index is 12.6. The van der Waals surface area contributed by atoms with E-state index in [0.717, 1.165) is 30.4 Å². The first kappa shape index (κ1) is 16.5. The van der Waals surface area contributed by atoms with Crippen LogP contribution in [0, 0.1) is 25.2 Å². The molecule has 0 amide bonds. The van der Waals surface area contributed by atoms with Gasteiger partial charge in [0.1, 0.15) is 0 Å². The molecule has 0 bridgehead atoms. The van der Waals surface area contributed by atoms with Gasteiger partial charge in [-0.2, -0.15) is 0 Å². The van der Waals surface area contributed by atoms with Crippen LogP contribution in [0.5, 0.6) is 0 Å². The number of hydrogen-bond donors (Lipinski definition) is 1. The van der Waals surface area contributed by atoms with Gasteiger partial charge < -0.3 is 0 Å². The summed E-state index contributed by atoms with van der Waals surface area (Å²) in [7, 11) is -3.43. The highest BCUT2D eigenvalue weighted by Crippen LogP contribution is 2.39. The van der Waals surface area contributed by atoms with Gasteiger partial charge in [0.25, 0.3) is 0 Å². The van der Waals surface area contributed by atoms with Crippen LogP contribution in [0.1, 0.15) is 51.2 Å². The lowest BCUT2D eigenvalue weighted by Gasteiger charge is -2.39. The van der Waals surface area contributed by atoms with Crippen LogP contribution >= 0.6 is 0 Å². The summed E-state index contributed by atoms with van der Waals surface area (Å²) in [5.41, 5.74) is 2.09. The van der Waals surface area contributed by atoms with Crippen LogP contribution < -0.4 is 4.72 Å². The third-order valence-corrected chi connectivity index (χ3v) is 6.01. The lowest BCUT2D eigenvalue weighted by molar-refractivity contribution is 0.163. The first-order valence-electron chi connectivity index (χ1n) is 7.69. The molecule has 21 heavy (non-hydrogen) atoms. The highest BCUT2D eigenvalue weighted by molar-refractivity contribution is 7.89. The number of benzene rings is 1. The van der Waals surface area contributed by atoms with Crippen molar-refractivity contribution >= 4 is 10.0 Å². The molecule has 1 N–H and O–H groups in total. The van der Waals surface area contributed by atoms with Gasteiger partial charge in [-0.15, -0.1) is 0 Å². The van der Waals surface area contributed by atoms with E-state index in [4.69, 9.17) is 0 Å². The van der Waals surface area contributed by atoms with E-state index < -0.39 is 10.0 Å². The zero-order valence-electron chi connectivity index (χ0n) is 13.7. The summed E-state index contributed by atoms with van der Waals surface area (Å²) >= 11 is 0. The molecule has 0 aliphatic heterocycles. The predicted octanol–water partition coefficient (Wildman–Crippen LogP) is 3.80. The van der Waals surface area contributed by atoms with Gasteiger partial charge in [-0.3, -0.25) is 0 Å². The molecular formula is C17H27NO2S. The molecule has 1 aromatic carbocycles. The molecule has 2 unspecified atom stereocenters. The fourth-order valence-corrected chi connectivity index (χ4v) is 5.29. The summed E-state index contributed by atoms with van der Waals surface area (Å²) < 4.78 is 28.2. The average Bonchev–Trinajstić information content (AvgIpc) is 2.23. The Labute approximate surface area is 129 Å². The number of aryl methyl sites for hydroxylation is 2. The molecular weight excluding hydrogens is 282 g/mol. The molecule has 1 fully saturated rings. The van der Waals surface area contributed by atoms with Gasteiger partial charge in [0.15, 0.2) is 0 Å². The average molecular weight is 309 g/mol. The molecule has 3 nitrogen and oxygen atoms in total. The third-order valence-electron chi connectivity index (χ3n) is 4.33. The second-order valence-corrected chi connectivity index (χ2v) is 9.18. The predicted molar refractivity (Wildman–Crippen MR) is 86.8 cm³/mol. The Morgan fingerprint density at radius 3 is 2.43 bits per heavy atom. The fourth-order valence-electron chi connectivity index (χ4n) is 3.82. The quantitative estimate of drug-likeness (QED) is 0.923. The summed E-state index contributed by atoms with van der Waals surface area (Å²) in [5, 5.41) is 0. The SMILES string of the molecule is Cc1ccc(S(=O)(=O)NC2CC(C)CC(C)(C)C2)c(C)c1. The van der Waals surface area contributed by atoms with Gasteiger partial charge in [-0.1, -0.05) is 38.5 Å². The van der Waals surface area contributed by atoms with Gasteiger partial charge in [-0.05, 0) is 56.1 Å². The van der Waals surface area contributed by atoms with Crippen molar-refractivity contribution in [1.29, 1.82) is 0 Å². The molecule has 2 atom stereocenters. The van der Waals surface area contributed by atoms with E-state index in [-0.39, 0.29) is 11.5 Å². The minimum absolute atomic E-state index is 0.0365. The largest absolute Gasteiger partial charge is 0.241 e. The van der Waals surface area contributed by atoms with Crippen LogP contribution in [-0.2, 0) is 10.0 Å². The van der Waals surface area contributed by atoms with Crippen LogP contribution in [0.2, 0.25) is 0 Å². The fraction of sp³-hybridized carbons (Fsp3) is 0.647. The zero-order chi connectivity index (χ0) is 15.8. The van der Waals surface area contributed by atoms with Gasteiger partial charge in [0.2, 0.25) is 10.0 Å². The van der Waals surface area contributed by atoms with Crippen molar-refractivity contribution in [2.45, 2.75) is 64.8 Å².